The number of ether oxygens (including phenoxy) is 1. The van der Waals surface area contributed by atoms with E-state index in [-0.39, 0.29) is 0 Å². The van der Waals surface area contributed by atoms with E-state index < -0.39 is 0 Å². The van der Waals surface area contributed by atoms with Gasteiger partial charge in [-0.3, -0.25) is 4.99 Å². The van der Waals surface area contributed by atoms with Crippen molar-refractivity contribution in [2.24, 2.45) is 4.99 Å². The van der Waals surface area contributed by atoms with Crippen molar-refractivity contribution >= 4 is 11.6 Å². The maximum absolute atomic E-state index is 5.50. The third kappa shape index (κ3) is 5.81. The van der Waals surface area contributed by atoms with Gasteiger partial charge in [0.2, 0.25) is 0 Å². The summed E-state index contributed by atoms with van der Waals surface area (Å²) in [6.07, 6.45) is 1.09. The highest BCUT2D eigenvalue weighted by Crippen LogP contribution is 2.28. The second-order valence-electron chi connectivity index (χ2n) is 6.54. The van der Waals surface area contributed by atoms with Crippen LogP contribution in [0.5, 0.6) is 5.75 Å². The Kier molecular flexibility index (Phi) is 7.85. The summed E-state index contributed by atoms with van der Waals surface area (Å²) in [4.78, 5) is 11.8. The van der Waals surface area contributed by atoms with Crippen LogP contribution in [0, 0.1) is 0 Å². The Morgan fingerprint density at radius 3 is 2.56 bits per heavy atom. The number of nitrogens with zero attached hydrogens (tertiary/aromatic N) is 4. The molecule has 0 aromatic heterocycles. The first kappa shape index (κ1) is 19.4. The van der Waals surface area contributed by atoms with Crippen LogP contribution in [0.25, 0.3) is 0 Å². The van der Waals surface area contributed by atoms with Crippen LogP contribution in [0.4, 0.5) is 5.69 Å². The summed E-state index contributed by atoms with van der Waals surface area (Å²) in [6, 6.07) is 8.25. The van der Waals surface area contributed by atoms with Crippen molar-refractivity contribution in [3.05, 3.63) is 24.3 Å². The molecule has 0 spiro atoms. The number of hydrogen-bond donors (Lipinski definition) is 1. The average Bonchev–Trinajstić information content (AvgIpc) is 2.64. The normalized spacial score (nSPS) is 15.6. The molecule has 1 saturated heterocycles. The van der Waals surface area contributed by atoms with Gasteiger partial charge in [-0.15, -0.1) is 0 Å². The van der Waals surface area contributed by atoms with Gasteiger partial charge >= 0.3 is 0 Å². The van der Waals surface area contributed by atoms with Crippen molar-refractivity contribution in [2.75, 3.05) is 71.9 Å². The largest absolute Gasteiger partial charge is 0.495 e. The van der Waals surface area contributed by atoms with E-state index in [2.05, 4.69) is 53.2 Å². The highest BCUT2D eigenvalue weighted by atomic mass is 16.5. The lowest BCUT2D eigenvalue weighted by Gasteiger charge is -2.38. The van der Waals surface area contributed by atoms with Crippen LogP contribution in [0.3, 0.4) is 0 Å². The van der Waals surface area contributed by atoms with Crippen LogP contribution >= 0.6 is 0 Å². The van der Waals surface area contributed by atoms with Gasteiger partial charge in [0, 0.05) is 39.3 Å². The van der Waals surface area contributed by atoms with Crippen LogP contribution < -0.4 is 15.0 Å². The summed E-state index contributed by atoms with van der Waals surface area (Å²) in [5.74, 6) is 1.99. The molecule has 2 rings (SSSR count). The first-order chi connectivity index (χ1) is 12.2. The van der Waals surface area contributed by atoms with Gasteiger partial charge in [0.1, 0.15) is 5.75 Å². The Bertz CT molecular complexity index is 538. The third-order valence-electron chi connectivity index (χ3n) is 4.36. The molecule has 6 nitrogen and oxygen atoms in total. The fourth-order valence-corrected chi connectivity index (χ4v) is 3.05. The van der Waals surface area contributed by atoms with Gasteiger partial charge in [0.15, 0.2) is 5.96 Å². The molecule has 0 atom stereocenters. The maximum Gasteiger partial charge on any atom is 0.194 e. The minimum atomic E-state index is 0.868. The SMILES string of the molecule is CCNC(=NCCCN(C)C)N1CCN(c2ccccc2OC)CC1. The quantitative estimate of drug-likeness (QED) is 0.462. The van der Waals surface area contributed by atoms with Gasteiger partial charge < -0.3 is 24.8 Å². The zero-order valence-electron chi connectivity index (χ0n) is 16.2. The van der Waals surface area contributed by atoms with Gasteiger partial charge in [-0.1, -0.05) is 12.1 Å². The molecule has 0 unspecified atom stereocenters. The maximum atomic E-state index is 5.50. The first-order valence-electron chi connectivity index (χ1n) is 9.21. The van der Waals surface area contributed by atoms with E-state index in [1.54, 1.807) is 7.11 Å². The fourth-order valence-electron chi connectivity index (χ4n) is 3.05. The molecule has 1 N–H and O–H groups in total. The minimum Gasteiger partial charge on any atom is -0.495 e. The lowest BCUT2D eigenvalue weighted by molar-refractivity contribution is 0.365. The summed E-state index contributed by atoms with van der Waals surface area (Å²) in [7, 11) is 5.94. The molecule has 1 aliphatic rings. The van der Waals surface area contributed by atoms with E-state index in [1.807, 2.05) is 12.1 Å². The van der Waals surface area contributed by atoms with E-state index in [9.17, 15) is 0 Å². The Morgan fingerprint density at radius 1 is 1.20 bits per heavy atom. The van der Waals surface area contributed by atoms with E-state index in [4.69, 9.17) is 9.73 Å². The highest BCUT2D eigenvalue weighted by Gasteiger charge is 2.21. The van der Waals surface area contributed by atoms with E-state index in [1.165, 1.54) is 5.69 Å². The van der Waals surface area contributed by atoms with Gasteiger partial charge in [-0.25, -0.2) is 0 Å². The standard InChI is InChI=1S/C19H33N5O/c1-5-20-19(21-11-8-12-22(2)3)24-15-13-23(14-16-24)17-9-6-7-10-18(17)25-4/h6-7,9-10H,5,8,11-16H2,1-4H3,(H,20,21). The highest BCUT2D eigenvalue weighted by molar-refractivity contribution is 5.80. The van der Waals surface area contributed by atoms with Crippen molar-refractivity contribution in [1.82, 2.24) is 15.1 Å². The Balaban J connectivity index is 1.92. The number of para-hydroxylation sites is 2. The molecule has 0 aliphatic carbocycles. The van der Waals surface area contributed by atoms with E-state index in [0.29, 0.717) is 0 Å². The summed E-state index contributed by atoms with van der Waals surface area (Å²) in [5, 5.41) is 3.44. The second-order valence-corrected chi connectivity index (χ2v) is 6.54. The summed E-state index contributed by atoms with van der Waals surface area (Å²) in [6.45, 7) is 8.86. The van der Waals surface area contributed by atoms with Crippen molar-refractivity contribution in [3.63, 3.8) is 0 Å². The molecule has 1 aliphatic heterocycles. The molecule has 140 valence electrons. The second kappa shape index (κ2) is 10.1. The molecule has 1 aromatic carbocycles. The average molecular weight is 348 g/mol. The first-order valence-corrected chi connectivity index (χ1v) is 9.21. The lowest BCUT2D eigenvalue weighted by atomic mass is 10.2. The molecule has 0 saturated carbocycles. The Hall–Kier alpha value is -1.95. The van der Waals surface area contributed by atoms with Gasteiger partial charge in [0.25, 0.3) is 0 Å². The lowest BCUT2D eigenvalue weighted by Crippen LogP contribution is -2.52. The number of benzene rings is 1. The number of anilines is 1. The summed E-state index contributed by atoms with van der Waals surface area (Å²) < 4.78 is 5.50. The van der Waals surface area contributed by atoms with Gasteiger partial charge in [-0.2, -0.15) is 0 Å². The smallest absolute Gasteiger partial charge is 0.194 e. The summed E-state index contributed by atoms with van der Waals surface area (Å²) in [5.41, 5.74) is 1.18. The van der Waals surface area contributed by atoms with E-state index >= 15 is 0 Å². The number of nitrogens with one attached hydrogen (secondary N) is 1. The van der Waals surface area contributed by atoms with Crippen LogP contribution in [0.1, 0.15) is 13.3 Å². The minimum absolute atomic E-state index is 0.868. The molecular weight excluding hydrogens is 314 g/mol. The van der Waals surface area contributed by atoms with Crippen molar-refractivity contribution < 1.29 is 4.74 Å². The Morgan fingerprint density at radius 2 is 1.92 bits per heavy atom. The molecule has 25 heavy (non-hydrogen) atoms. The number of hydrogen-bond acceptors (Lipinski definition) is 4. The molecule has 0 bridgehead atoms. The number of piperazine rings is 1. The molecule has 1 fully saturated rings. The molecule has 1 aromatic rings. The topological polar surface area (TPSA) is 43.3 Å². The predicted octanol–water partition coefficient (Wildman–Crippen LogP) is 1.73. The van der Waals surface area contributed by atoms with Crippen LogP contribution in [-0.4, -0.2) is 82.8 Å². The molecule has 0 radical (unpaired) electrons. The van der Waals surface area contributed by atoms with Crippen molar-refractivity contribution in [1.29, 1.82) is 0 Å². The molecule has 6 heteroatoms. The van der Waals surface area contributed by atoms with E-state index in [0.717, 1.165) is 63.9 Å². The molecule has 0 amide bonds. The zero-order valence-corrected chi connectivity index (χ0v) is 16.2. The fraction of sp³-hybridized carbons (Fsp3) is 0.632. The number of methoxy groups -OCH3 is 1. The molecule has 1 heterocycles. The number of aliphatic imine (C=N–C) groups is 1. The zero-order chi connectivity index (χ0) is 18.1. The van der Waals surface area contributed by atoms with Crippen molar-refractivity contribution in [2.45, 2.75) is 13.3 Å². The number of guanidine groups is 1. The van der Waals surface area contributed by atoms with Crippen LogP contribution in [0.15, 0.2) is 29.3 Å². The monoisotopic (exact) mass is 347 g/mol. The summed E-state index contributed by atoms with van der Waals surface area (Å²) >= 11 is 0. The molecular formula is C19H33N5O. The Labute approximate surface area is 152 Å². The van der Waals surface area contributed by atoms with Crippen LogP contribution in [0.2, 0.25) is 0 Å². The van der Waals surface area contributed by atoms with Crippen molar-refractivity contribution in [3.8, 4) is 5.75 Å². The third-order valence-corrected chi connectivity index (χ3v) is 4.36. The predicted molar refractivity (Wildman–Crippen MR) is 106 cm³/mol. The van der Waals surface area contributed by atoms with Gasteiger partial charge in [-0.05, 0) is 46.1 Å². The van der Waals surface area contributed by atoms with Crippen LogP contribution in [-0.2, 0) is 0 Å². The van der Waals surface area contributed by atoms with Gasteiger partial charge in [0.05, 0.1) is 12.8 Å². The number of rotatable bonds is 7.